The van der Waals surface area contributed by atoms with Crippen LogP contribution in [0.5, 0.6) is 0 Å². The van der Waals surface area contributed by atoms with Gasteiger partial charge in [-0.3, -0.25) is 0 Å². The van der Waals surface area contributed by atoms with Gasteiger partial charge in [-0.05, 0) is 24.0 Å². The molecule has 0 atom stereocenters. The van der Waals surface area contributed by atoms with Crippen molar-refractivity contribution in [1.82, 2.24) is 0 Å². The number of aryl methyl sites for hydroxylation is 2. The van der Waals surface area contributed by atoms with Crippen LogP contribution in [0.1, 0.15) is 11.1 Å². The molecule has 0 bridgehead atoms. The normalized spacial score (nSPS) is 8.68. The van der Waals surface area contributed by atoms with Gasteiger partial charge in [-0.25, -0.2) is 0 Å². The molecular weight excluding hydrogens is 314 g/mol. The van der Waals surface area contributed by atoms with Crippen molar-refractivity contribution in [2.45, 2.75) is 12.8 Å². The van der Waals surface area contributed by atoms with Gasteiger partial charge in [0, 0.05) is 17.1 Å². The van der Waals surface area contributed by atoms with Crippen molar-refractivity contribution in [2.75, 3.05) is 0 Å². The summed E-state index contributed by atoms with van der Waals surface area (Å²) in [5, 5.41) is 0. The molecule has 0 spiro atoms. The minimum Gasteiger partial charge on any atom is -0.385 e. The van der Waals surface area contributed by atoms with Crippen molar-refractivity contribution in [3.05, 3.63) is 71.8 Å². The average Bonchev–Trinajstić information content (AvgIpc) is 2.38. The molecule has 0 aliphatic rings. The van der Waals surface area contributed by atoms with Crippen molar-refractivity contribution in [2.24, 2.45) is 5.73 Å². The van der Waals surface area contributed by atoms with Gasteiger partial charge in [-0.2, -0.15) is 0 Å². The predicted octanol–water partition coefficient (Wildman–Crippen LogP) is 3.63. The van der Waals surface area contributed by atoms with Gasteiger partial charge in [0.15, 0.2) is 0 Å². The van der Waals surface area contributed by atoms with Crippen LogP contribution in [0, 0.1) is 0 Å². The molecule has 2 aromatic carbocycles. The number of rotatable bonds is 3. The summed E-state index contributed by atoms with van der Waals surface area (Å²) < 4.78 is 0.194. The van der Waals surface area contributed by atoms with Crippen molar-refractivity contribution in [3.63, 3.8) is 0 Å². The van der Waals surface area contributed by atoms with Gasteiger partial charge in [-0.15, -0.1) is 12.6 Å². The molecule has 1 nitrogen and oxygen atoms in total. The molecule has 0 amide bonds. The average molecular weight is 331 g/mol. The van der Waals surface area contributed by atoms with Crippen LogP contribution >= 0.6 is 24.8 Å². The molecule has 0 aromatic heterocycles. The molecule has 0 unspecified atom stereocenters. The zero-order chi connectivity index (χ0) is 13.2. The van der Waals surface area contributed by atoms with Crippen molar-refractivity contribution in [3.8, 4) is 0 Å². The number of hydrogen-bond donors (Lipinski definition) is 2. The van der Waals surface area contributed by atoms with Gasteiger partial charge in [-0.1, -0.05) is 72.9 Å². The van der Waals surface area contributed by atoms with E-state index in [4.69, 9.17) is 5.73 Å². The molecule has 2 N–H and O–H groups in total. The van der Waals surface area contributed by atoms with E-state index in [9.17, 15) is 0 Å². The van der Waals surface area contributed by atoms with Crippen molar-refractivity contribution < 1.29 is 17.1 Å². The predicted molar refractivity (Wildman–Crippen MR) is 86.1 cm³/mol. The second kappa shape index (κ2) is 11.1. The summed E-state index contributed by atoms with van der Waals surface area (Å²) >= 11 is 7.65. The first-order valence-corrected chi connectivity index (χ1v) is 6.60. The van der Waals surface area contributed by atoms with E-state index < -0.39 is 0 Å². The van der Waals surface area contributed by atoms with E-state index in [0.717, 1.165) is 12.8 Å². The maximum atomic E-state index is 4.71. The van der Waals surface area contributed by atoms with Crippen molar-refractivity contribution in [1.29, 1.82) is 0 Å². The molecule has 4 heteroatoms. The standard InChI is InChI=1S/C14H14.CH3NS2.Fe/c1-3-7-13(8-4-1)11-12-14-9-5-2-6-10-14;2-1(3)4;/h1-10H,11-12H2;(H3,2,3,4);. The van der Waals surface area contributed by atoms with Crippen LogP contribution < -0.4 is 5.73 Å². The maximum Gasteiger partial charge on any atom is 0.128 e. The molecular formula is C15H17FeNS2. The summed E-state index contributed by atoms with van der Waals surface area (Å²) in [4.78, 5) is 0. The summed E-state index contributed by atoms with van der Waals surface area (Å²) in [7, 11) is 0. The van der Waals surface area contributed by atoms with Crippen molar-refractivity contribution >= 4 is 29.2 Å². The van der Waals surface area contributed by atoms with E-state index in [0.29, 0.717) is 0 Å². The van der Waals surface area contributed by atoms with E-state index in [1.807, 2.05) is 0 Å². The summed E-state index contributed by atoms with van der Waals surface area (Å²) in [5.74, 6) is 0. The Labute approximate surface area is 136 Å². The fourth-order valence-corrected chi connectivity index (χ4v) is 1.58. The van der Waals surface area contributed by atoms with Crippen LogP contribution in [0.3, 0.4) is 0 Å². The van der Waals surface area contributed by atoms with E-state index in [2.05, 4.69) is 85.5 Å². The zero-order valence-corrected chi connectivity index (χ0v) is 13.3. The Balaban J connectivity index is 0.000000576. The second-order valence-corrected chi connectivity index (χ2v) is 5.03. The molecule has 0 radical (unpaired) electrons. The van der Waals surface area contributed by atoms with Gasteiger partial charge in [0.05, 0.1) is 0 Å². The van der Waals surface area contributed by atoms with E-state index in [1.165, 1.54) is 11.1 Å². The fraction of sp³-hybridized carbons (Fsp3) is 0.133. The molecule has 19 heavy (non-hydrogen) atoms. The third-order valence-corrected chi connectivity index (χ3v) is 2.39. The Hall–Kier alpha value is -0.801. The van der Waals surface area contributed by atoms with E-state index in [-0.39, 0.29) is 21.4 Å². The smallest absolute Gasteiger partial charge is 0.128 e. The first kappa shape index (κ1) is 18.2. The Morgan fingerprint density at radius 3 is 1.37 bits per heavy atom. The molecule has 2 aromatic rings. The van der Waals surface area contributed by atoms with Crippen LogP contribution in [-0.4, -0.2) is 4.32 Å². The second-order valence-electron chi connectivity index (χ2n) is 3.81. The first-order valence-electron chi connectivity index (χ1n) is 5.74. The van der Waals surface area contributed by atoms with Crippen LogP contribution in [0.2, 0.25) is 0 Å². The van der Waals surface area contributed by atoms with Gasteiger partial charge in [0.1, 0.15) is 4.32 Å². The SMILES string of the molecule is NC(=S)S.[Fe].c1ccc(CCc2ccccc2)cc1. The molecule has 0 aliphatic carbocycles. The minimum absolute atomic E-state index is 0. The Morgan fingerprint density at radius 1 is 0.842 bits per heavy atom. The topological polar surface area (TPSA) is 26.0 Å². The van der Waals surface area contributed by atoms with Crippen LogP contribution in [0.25, 0.3) is 0 Å². The van der Waals surface area contributed by atoms with Gasteiger partial charge < -0.3 is 5.73 Å². The fourth-order valence-electron chi connectivity index (χ4n) is 1.58. The van der Waals surface area contributed by atoms with Crippen LogP contribution in [0.15, 0.2) is 60.7 Å². The third-order valence-electron chi connectivity index (χ3n) is 2.39. The number of thiol groups is 1. The largest absolute Gasteiger partial charge is 0.385 e. The number of nitrogens with two attached hydrogens (primary N) is 1. The maximum absolute atomic E-state index is 4.71. The quantitative estimate of drug-likeness (QED) is 0.510. The Morgan fingerprint density at radius 2 is 1.11 bits per heavy atom. The Bertz CT molecular complexity index is 417. The molecule has 0 aliphatic heterocycles. The summed E-state index contributed by atoms with van der Waals surface area (Å²) in [6.07, 6.45) is 2.26. The summed E-state index contributed by atoms with van der Waals surface area (Å²) in [6, 6.07) is 21.2. The van der Waals surface area contributed by atoms with Crippen LogP contribution in [-0.2, 0) is 29.9 Å². The molecule has 102 valence electrons. The van der Waals surface area contributed by atoms with Gasteiger partial charge >= 0.3 is 0 Å². The van der Waals surface area contributed by atoms with Gasteiger partial charge in [0.2, 0.25) is 0 Å². The van der Waals surface area contributed by atoms with E-state index >= 15 is 0 Å². The monoisotopic (exact) mass is 331 g/mol. The number of benzene rings is 2. The third kappa shape index (κ3) is 9.74. The molecule has 0 heterocycles. The molecule has 0 saturated carbocycles. The minimum atomic E-state index is 0. The Kier molecular flexibility index (Phi) is 10.6. The molecule has 2 rings (SSSR count). The number of hydrogen-bond acceptors (Lipinski definition) is 1. The first-order chi connectivity index (χ1) is 8.68. The molecule has 0 saturated heterocycles. The van der Waals surface area contributed by atoms with Crippen LogP contribution in [0.4, 0.5) is 0 Å². The van der Waals surface area contributed by atoms with E-state index in [1.54, 1.807) is 0 Å². The zero-order valence-electron chi connectivity index (χ0n) is 10.5. The summed E-state index contributed by atoms with van der Waals surface area (Å²) in [6.45, 7) is 0. The number of thiocarbonyl (C=S) groups is 1. The summed E-state index contributed by atoms with van der Waals surface area (Å²) in [5.41, 5.74) is 7.53. The van der Waals surface area contributed by atoms with Gasteiger partial charge in [0.25, 0.3) is 0 Å². The molecule has 0 fully saturated rings.